The Hall–Kier alpha value is -3.20. The van der Waals surface area contributed by atoms with Gasteiger partial charge in [0.2, 0.25) is 13.3 Å². The van der Waals surface area contributed by atoms with Gasteiger partial charge in [-0.15, -0.1) is 10.0 Å². The van der Waals surface area contributed by atoms with Crippen LogP contribution in [0.15, 0.2) is 0 Å². The summed E-state index contributed by atoms with van der Waals surface area (Å²) < 4.78 is 0. The Labute approximate surface area is 120 Å². The van der Waals surface area contributed by atoms with Crippen molar-refractivity contribution < 1.29 is 20.1 Å². The summed E-state index contributed by atoms with van der Waals surface area (Å²) >= 11 is 0. The van der Waals surface area contributed by atoms with Crippen LogP contribution >= 0.6 is 0 Å². The number of nitrogens with zero attached hydrogens (tertiary/aromatic N) is 8. The van der Waals surface area contributed by atoms with E-state index < -0.39 is 58.6 Å². The molecule has 0 amide bonds. The van der Waals surface area contributed by atoms with Gasteiger partial charge < -0.3 is 0 Å². The molecule has 16 heteroatoms. The van der Waals surface area contributed by atoms with E-state index >= 15 is 0 Å². The third-order valence-corrected chi connectivity index (χ3v) is 3.50. The number of hydrogen-bond donors (Lipinski definition) is 0. The van der Waals surface area contributed by atoms with Crippen LogP contribution in [0.3, 0.4) is 0 Å². The van der Waals surface area contributed by atoms with Crippen molar-refractivity contribution in [1.29, 1.82) is 0 Å². The largest absolute Gasteiger partial charge is 0.235 e. The second-order valence-corrected chi connectivity index (χ2v) is 4.63. The zero-order valence-corrected chi connectivity index (χ0v) is 10.8. The molecule has 2 aliphatic rings. The molecule has 0 aromatic heterocycles. The molecule has 0 N–H and O–H groups in total. The SMILES string of the molecule is O=[N+]([O-])N1CC(C2CN([N+](=O)[O-])CN2[N+](=O)[O-])N([N+](=O)[O-])C1. The molecule has 2 aliphatic heterocycles. The second kappa shape index (κ2) is 5.30. The van der Waals surface area contributed by atoms with Crippen LogP contribution in [-0.4, -0.2) is 78.7 Å². The first-order chi connectivity index (χ1) is 10.2. The third kappa shape index (κ3) is 2.52. The summed E-state index contributed by atoms with van der Waals surface area (Å²) in [6, 6.07) is -2.45. The Kier molecular flexibility index (Phi) is 3.66. The van der Waals surface area contributed by atoms with Gasteiger partial charge in [0.15, 0.2) is 20.1 Å². The van der Waals surface area contributed by atoms with Gasteiger partial charge in [0.25, 0.3) is 0 Å². The molecule has 0 aliphatic carbocycles. The molecule has 2 fully saturated rings. The lowest BCUT2D eigenvalue weighted by Gasteiger charge is -2.21. The van der Waals surface area contributed by atoms with Gasteiger partial charge in [-0.2, -0.15) is 0 Å². The van der Waals surface area contributed by atoms with Crippen molar-refractivity contribution in [3.8, 4) is 0 Å². The molecule has 2 rings (SSSR count). The van der Waals surface area contributed by atoms with Crippen molar-refractivity contribution in [2.75, 3.05) is 26.4 Å². The van der Waals surface area contributed by atoms with Gasteiger partial charge in [0, 0.05) is 0 Å². The van der Waals surface area contributed by atoms with Crippen LogP contribution < -0.4 is 0 Å². The van der Waals surface area contributed by atoms with Crippen molar-refractivity contribution in [3.05, 3.63) is 40.5 Å². The highest BCUT2D eigenvalue weighted by Crippen LogP contribution is 2.24. The first-order valence-corrected chi connectivity index (χ1v) is 5.82. The van der Waals surface area contributed by atoms with Gasteiger partial charge >= 0.3 is 0 Å². The fourth-order valence-corrected chi connectivity index (χ4v) is 2.50. The lowest BCUT2D eigenvalue weighted by molar-refractivity contribution is -0.701. The number of hydrogen-bond acceptors (Lipinski definition) is 8. The van der Waals surface area contributed by atoms with Gasteiger partial charge in [0.05, 0.1) is 0 Å². The average molecular weight is 322 g/mol. The smallest absolute Gasteiger partial charge is 0.208 e. The maximum atomic E-state index is 11.0. The number of rotatable bonds is 5. The maximum Gasteiger partial charge on any atom is 0.208 e. The van der Waals surface area contributed by atoms with Crippen LogP contribution in [0, 0.1) is 40.5 Å². The molecule has 0 radical (unpaired) electrons. The summed E-state index contributed by atoms with van der Waals surface area (Å²) in [7, 11) is 0. The maximum absolute atomic E-state index is 11.0. The average Bonchev–Trinajstić information content (AvgIpc) is 3.02. The van der Waals surface area contributed by atoms with E-state index in [0.717, 1.165) is 0 Å². The van der Waals surface area contributed by atoms with Crippen LogP contribution in [0.1, 0.15) is 0 Å². The van der Waals surface area contributed by atoms with Crippen LogP contribution in [-0.2, 0) is 0 Å². The summed E-state index contributed by atoms with van der Waals surface area (Å²) in [5.41, 5.74) is 0. The van der Waals surface area contributed by atoms with E-state index in [2.05, 4.69) is 0 Å². The van der Waals surface area contributed by atoms with Crippen LogP contribution in [0.4, 0.5) is 0 Å². The van der Waals surface area contributed by atoms with Crippen LogP contribution in [0.25, 0.3) is 0 Å². The quantitative estimate of drug-likeness (QED) is 0.387. The van der Waals surface area contributed by atoms with Crippen molar-refractivity contribution in [2.24, 2.45) is 0 Å². The van der Waals surface area contributed by atoms with E-state index in [-0.39, 0.29) is 0 Å². The Morgan fingerprint density at radius 2 is 0.955 bits per heavy atom. The summed E-state index contributed by atoms with van der Waals surface area (Å²) in [5, 5.41) is 41.9. The molecular weight excluding hydrogens is 312 g/mol. The summed E-state index contributed by atoms with van der Waals surface area (Å²) in [6.07, 6.45) is 0. The molecule has 0 aromatic rings. The monoisotopic (exact) mass is 322 g/mol. The van der Waals surface area contributed by atoms with Crippen molar-refractivity contribution in [2.45, 2.75) is 12.1 Å². The highest BCUT2D eigenvalue weighted by atomic mass is 16.7. The van der Waals surface area contributed by atoms with Gasteiger partial charge in [-0.05, 0) is 0 Å². The van der Waals surface area contributed by atoms with E-state index in [4.69, 9.17) is 0 Å². The predicted molar refractivity (Wildman–Crippen MR) is 62.4 cm³/mol. The summed E-state index contributed by atoms with van der Waals surface area (Å²) in [6.45, 7) is -2.22. The van der Waals surface area contributed by atoms with E-state index in [1.54, 1.807) is 0 Å². The van der Waals surface area contributed by atoms with E-state index in [1.807, 2.05) is 0 Å². The normalized spacial score (nSPS) is 24.7. The zero-order valence-electron chi connectivity index (χ0n) is 10.8. The van der Waals surface area contributed by atoms with Gasteiger partial charge in [-0.25, -0.2) is 40.5 Å². The topological polar surface area (TPSA) is 186 Å². The van der Waals surface area contributed by atoms with Gasteiger partial charge in [-0.3, -0.25) is 0 Å². The molecule has 122 valence electrons. The second-order valence-electron chi connectivity index (χ2n) is 4.63. The number of hydrazine groups is 4. The van der Waals surface area contributed by atoms with E-state index in [0.29, 0.717) is 20.0 Å². The molecular formula is C6H10N8O8. The van der Waals surface area contributed by atoms with Crippen molar-refractivity contribution in [1.82, 2.24) is 20.0 Å². The lowest BCUT2D eigenvalue weighted by atomic mass is 10.1. The fourth-order valence-electron chi connectivity index (χ4n) is 2.50. The van der Waals surface area contributed by atoms with Crippen molar-refractivity contribution >= 4 is 0 Å². The standard InChI is InChI=1S/C6H10N8O8/c15-11(16)7-1-5(9(3-7)13(19)20)6-2-8(12(17)18)4-10(6)14(21)22/h5-6H,1-4H2. The van der Waals surface area contributed by atoms with E-state index in [9.17, 15) is 40.5 Å². The van der Waals surface area contributed by atoms with Crippen LogP contribution in [0.5, 0.6) is 0 Å². The molecule has 0 spiro atoms. The molecule has 2 atom stereocenters. The minimum Gasteiger partial charge on any atom is -0.235 e. The third-order valence-electron chi connectivity index (χ3n) is 3.50. The Morgan fingerprint density at radius 3 is 1.18 bits per heavy atom. The molecule has 0 saturated carbocycles. The van der Waals surface area contributed by atoms with Crippen molar-refractivity contribution in [3.63, 3.8) is 0 Å². The lowest BCUT2D eigenvalue weighted by Crippen LogP contribution is -2.52. The molecule has 2 saturated heterocycles. The predicted octanol–water partition coefficient (Wildman–Crippen LogP) is -2.36. The molecule has 22 heavy (non-hydrogen) atoms. The molecule has 16 nitrogen and oxygen atoms in total. The number of nitro groups is 4. The molecule has 2 heterocycles. The Bertz CT molecular complexity index is 481. The van der Waals surface area contributed by atoms with Gasteiger partial charge in [0.1, 0.15) is 25.2 Å². The highest BCUT2D eigenvalue weighted by Gasteiger charge is 2.55. The molecule has 0 bridgehead atoms. The summed E-state index contributed by atoms with van der Waals surface area (Å²) in [4.78, 5) is 43.4. The Balaban J connectivity index is 2.26. The van der Waals surface area contributed by atoms with E-state index in [1.165, 1.54) is 0 Å². The van der Waals surface area contributed by atoms with Crippen LogP contribution in [0.2, 0.25) is 0 Å². The zero-order chi connectivity index (χ0) is 16.6. The Morgan fingerprint density at radius 1 is 0.636 bits per heavy atom. The first-order valence-electron chi connectivity index (χ1n) is 5.82. The molecule has 0 aromatic carbocycles. The van der Waals surface area contributed by atoms with Gasteiger partial charge in [-0.1, -0.05) is 10.0 Å². The first kappa shape index (κ1) is 15.2. The molecule has 2 unspecified atom stereocenters. The fraction of sp³-hybridized carbons (Fsp3) is 1.00. The minimum atomic E-state index is -1.23. The highest BCUT2D eigenvalue weighted by molar-refractivity contribution is 4.90. The minimum absolute atomic E-state index is 0.450. The summed E-state index contributed by atoms with van der Waals surface area (Å²) in [5.74, 6) is 0.